The largest absolute Gasteiger partial charge is 0.416 e. The van der Waals surface area contributed by atoms with Gasteiger partial charge in [0.25, 0.3) is 0 Å². The van der Waals surface area contributed by atoms with Crippen LogP contribution in [0.5, 0.6) is 0 Å². The first-order valence-electron chi connectivity index (χ1n) is 7.10. The lowest BCUT2D eigenvalue weighted by Crippen LogP contribution is -2.43. The Labute approximate surface area is 139 Å². The summed E-state index contributed by atoms with van der Waals surface area (Å²) in [6.07, 6.45) is -3.55. The van der Waals surface area contributed by atoms with Crippen molar-refractivity contribution in [3.05, 3.63) is 29.8 Å². The van der Waals surface area contributed by atoms with Gasteiger partial charge in [-0.3, -0.25) is 4.31 Å². The number of benzene rings is 1. The Morgan fingerprint density at radius 1 is 1.21 bits per heavy atom. The first-order valence-corrected chi connectivity index (χ1v) is 8.95. The molecule has 24 heavy (non-hydrogen) atoms. The third-order valence-corrected chi connectivity index (χ3v) is 4.10. The number of hydrogen-bond donors (Lipinski definition) is 2. The highest BCUT2D eigenvalue weighted by molar-refractivity contribution is 7.92. The molecule has 6 nitrogen and oxygen atoms in total. The van der Waals surface area contributed by atoms with E-state index in [1.807, 2.05) is 0 Å². The highest BCUT2D eigenvalue weighted by Gasteiger charge is 2.30. The molecule has 0 saturated carbocycles. The van der Waals surface area contributed by atoms with Crippen LogP contribution in [0.4, 0.5) is 23.7 Å². The number of alkyl halides is 3. The number of halogens is 3. The molecule has 0 fully saturated rings. The number of nitrogens with one attached hydrogen (secondary N) is 2. The van der Waals surface area contributed by atoms with Gasteiger partial charge in [-0.05, 0) is 38.1 Å². The minimum absolute atomic E-state index is 0.00659. The summed E-state index contributed by atoms with van der Waals surface area (Å²) in [5.41, 5.74) is -0.772. The number of amides is 2. The average molecular weight is 367 g/mol. The van der Waals surface area contributed by atoms with E-state index in [2.05, 4.69) is 10.6 Å². The van der Waals surface area contributed by atoms with Crippen molar-refractivity contribution in [2.75, 3.05) is 23.7 Å². The summed E-state index contributed by atoms with van der Waals surface area (Å²) in [7, 11) is -3.71. The maximum absolute atomic E-state index is 12.6. The highest BCUT2D eigenvalue weighted by Crippen LogP contribution is 2.30. The van der Waals surface area contributed by atoms with Crippen LogP contribution < -0.4 is 14.9 Å². The van der Waals surface area contributed by atoms with Crippen molar-refractivity contribution >= 4 is 21.7 Å². The van der Waals surface area contributed by atoms with Crippen LogP contribution in [0.2, 0.25) is 0 Å². The van der Waals surface area contributed by atoms with Gasteiger partial charge in [-0.15, -0.1) is 0 Å². The van der Waals surface area contributed by atoms with E-state index in [0.717, 1.165) is 34.8 Å². The number of rotatable bonds is 6. The summed E-state index contributed by atoms with van der Waals surface area (Å²) in [6.45, 7) is 3.44. The second-order valence-electron chi connectivity index (χ2n) is 5.43. The quantitative estimate of drug-likeness (QED) is 0.809. The van der Waals surface area contributed by atoms with Crippen molar-refractivity contribution in [3.63, 3.8) is 0 Å². The minimum atomic E-state index is -4.50. The maximum Gasteiger partial charge on any atom is 0.416 e. The lowest BCUT2D eigenvalue weighted by molar-refractivity contribution is -0.137. The Morgan fingerprint density at radius 2 is 1.75 bits per heavy atom. The Hall–Kier alpha value is -1.97. The molecule has 0 bridgehead atoms. The van der Waals surface area contributed by atoms with Gasteiger partial charge in [0, 0.05) is 12.6 Å². The van der Waals surface area contributed by atoms with E-state index in [1.54, 1.807) is 13.8 Å². The smallest absolute Gasteiger partial charge is 0.336 e. The van der Waals surface area contributed by atoms with Gasteiger partial charge in [-0.1, -0.05) is 0 Å². The molecule has 0 aromatic heterocycles. The molecule has 0 aliphatic rings. The highest BCUT2D eigenvalue weighted by atomic mass is 32.2. The molecule has 10 heteroatoms. The molecular formula is C14H20F3N3O3S. The molecule has 1 aromatic carbocycles. The zero-order valence-corrected chi connectivity index (χ0v) is 14.3. The number of urea groups is 1. The monoisotopic (exact) mass is 367 g/mol. The molecule has 1 aromatic rings. The SMILES string of the molecule is CC(C)NC(=O)NCCN(c1ccc(C(F)(F)F)cc1)S(C)(=O)=O. The fraction of sp³-hybridized carbons (Fsp3) is 0.500. The summed E-state index contributed by atoms with van der Waals surface area (Å²) in [6, 6.07) is 3.26. The number of nitrogens with zero attached hydrogens (tertiary/aromatic N) is 1. The number of sulfonamides is 1. The normalized spacial score (nSPS) is 12.1. The van der Waals surface area contributed by atoms with Gasteiger partial charge in [0.05, 0.1) is 24.1 Å². The summed E-state index contributed by atoms with van der Waals surface area (Å²) in [5.74, 6) is 0. The minimum Gasteiger partial charge on any atom is -0.336 e. The predicted octanol–water partition coefficient (Wildman–Crippen LogP) is 2.18. The molecule has 136 valence electrons. The first kappa shape index (κ1) is 20.1. The van der Waals surface area contributed by atoms with Crippen LogP contribution in [0.25, 0.3) is 0 Å². The van der Waals surface area contributed by atoms with Crippen LogP contribution >= 0.6 is 0 Å². The van der Waals surface area contributed by atoms with Crippen LogP contribution in [0.1, 0.15) is 19.4 Å². The summed E-state index contributed by atoms with van der Waals surface area (Å²) < 4.78 is 62.3. The summed E-state index contributed by atoms with van der Waals surface area (Å²) in [4.78, 5) is 11.5. The topological polar surface area (TPSA) is 78.5 Å². The third-order valence-electron chi connectivity index (χ3n) is 2.90. The maximum atomic E-state index is 12.6. The zero-order valence-electron chi connectivity index (χ0n) is 13.5. The lowest BCUT2D eigenvalue weighted by Gasteiger charge is -2.23. The molecular weight excluding hydrogens is 347 g/mol. The van der Waals surface area contributed by atoms with E-state index < -0.39 is 27.8 Å². The first-order chi connectivity index (χ1) is 10.9. The van der Waals surface area contributed by atoms with Crippen LogP contribution in [-0.2, 0) is 16.2 Å². The van der Waals surface area contributed by atoms with Crippen molar-refractivity contribution in [1.29, 1.82) is 0 Å². The van der Waals surface area contributed by atoms with Gasteiger partial charge in [-0.2, -0.15) is 13.2 Å². The Balaban J connectivity index is 2.82. The second kappa shape index (κ2) is 7.73. The Morgan fingerprint density at radius 3 is 2.17 bits per heavy atom. The number of carbonyl (C=O) groups is 1. The standard InChI is InChI=1S/C14H20F3N3O3S/c1-10(2)19-13(21)18-8-9-20(24(3,22)23)12-6-4-11(5-7-12)14(15,16)17/h4-7,10H,8-9H2,1-3H3,(H2,18,19,21). The molecule has 2 N–H and O–H groups in total. The molecule has 0 radical (unpaired) electrons. The van der Waals surface area contributed by atoms with E-state index in [4.69, 9.17) is 0 Å². The van der Waals surface area contributed by atoms with Crippen LogP contribution in [0.15, 0.2) is 24.3 Å². The number of hydrogen-bond acceptors (Lipinski definition) is 3. The molecule has 0 aliphatic carbocycles. The lowest BCUT2D eigenvalue weighted by atomic mass is 10.2. The van der Waals surface area contributed by atoms with Crippen molar-refractivity contribution in [2.24, 2.45) is 0 Å². The van der Waals surface area contributed by atoms with E-state index >= 15 is 0 Å². The molecule has 0 aliphatic heterocycles. The van der Waals surface area contributed by atoms with Gasteiger partial charge in [-0.25, -0.2) is 13.2 Å². The van der Waals surface area contributed by atoms with E-state index in [-0.39, 0.29) is 24.8 Å². The molecule has 0 atom stereocenters. The van der Waals surface area contributed by atoms with E-state index in [9.17, 15) is 26.4 Å². The third kappa shape index (κ3) is 6.26. The van der Waals surface area contributed by atoms with Gasteiger partial charge >= 0.3 is 12.2 Å². The van der Waals surface area contributed by atoms with Crippen molar-refractivity contribution in [3.8, 4) is 0 Å². The Bertz CT molecular complexity index is 658. The van der Waals surface area contributed by atoms with Gasteiger partial charge in [0.15, 0.2) is 0 Å². The van der Waals surface area contributed by atoms with Gasteiger partial charge in [0.1, 0.15) is 0 Å². The summed E-state index contributed by atoms with van der Waals surface area (Å²) in [5, 5.41) is 5.06. The van der Waals surface area contributed by atoms with Gasteiger partial charge in [0.2, 0.25) is 10.0 Å². The van der Waals surface area contributed by atoms with Crippen LogP contribution in [-0.4, -0.2) is 39.8 Å². The van der Waals surface area contributed by atoms with Crippen LogP contribution in [0.3, 0.4) is 0 Å². The molecule has 0 saturated heterocycles. The van der Waals surface area contributed by atoms with E-state index in [0.29, 0.717) is 0 Å². The fourth-order valence-electron chi connectivity index (χ4n) is 1.89. The Kier molecular flexibility index (Phi) is 6.47. The van der Waals surface area contributed by atoms with E-state index in [1.165, 1.54) is 0 Å². The number of anilines is 1. The molecule has 0 spiro atoms. The fourth-order valence-corrected chi connectivity index (χ4v) is 2.81. The molecule has 0 unspecified atom stereocenters. The van der Waals surface area contributed by atoms with Gasteiger partial charge < -0.3 is 10.6 Å². The molecule has 2 amide bonds. The van der Waals surface area contributed by atoms with Crippen molar-refractivity contribution in [2.45, 2.75) is 26.1 Å². The second-order valence-corrected chi connectivity index (χ2v) is 7.34. The van der Waals surface area contributed by atoms with Crippen LogP contribution in [0, 0.1) is 0 Å². The zero-order chi connectivity index (χ0) is 18.5. The molecule has 0 heterocycles. The van der Waals surface area contributed by atoms with Crippen molar-refractivity contribution < 1.29 is 26.4 Å². The predicted molar refractivity (Wildman–Crippen MR) is 85.3 cm³/mol. The molecule has 1 rings (SSSR count). The summed E-state index contributed by atoms with van der Waals surface area (Å²) >= 11 is 0. The number of carbonyl (C=O) groups excluding carboxylic acids is 1. The van der Waals surface area contributed by atoms with Crippen molar-refractivity contribution in [1.82, 2.24) is 10.6 Å². The average Bonchev–Trinajstić information content (AvgIpc) is 2.40.